The molecule has 2 heterocycles. The predicted molar refractivity (Wildman–Crippen MR) is 145 cm³/mol. The van der Waals surface area contributed by atoms with E-state index in [1.54, 1.807) is 56.3 Å². The van der Waals surface area contributed by atoms with E-state index in [0.29, 0.717) is 35.7 Å². The van der Waals surface area contributed by atoms with E-state index in [2.05, 4.69) is 36.9 Å². The highest BCUT2D eigenvalue weighted by Gasteiger charge is 2.34. The smallest absolute Gasteiger partial charge is 0.338 e. The van der Waals surface area contributed by atoms with Crippen LogP contribution in [0.2, 0.25) is 5.02 Å². The molecule has 0 amide bonds. The van der Waals surface area contributed by atoms with E-state index in [1.807, 2.05) is 0 Å². The largest absolute Gasteiger partial charge is 0.463 e. The van der Waals surface area contributed by atoms with Crippen LogP contribution in [-0.2, 0) is 14.3 Å². The van der Waals surface area contributed by atoms with Gasteiger partial charge in [-0.2, -0.15) is 0 Å². The van der Waals surface area contributed by atoms with Gasteiger partial charge < -0.3 is 9.47 Å². The van der Waals surface area contributed by atoms with Crippen molar-refractivity contribution in [1.29, 1.82) is 0 Å². The fourth-order valence-corrected chi connectivity index (χ4v) is 6.48. The molecule has 1 atom stereocenters. The number of ether oxygens (including phenoxy) is 2. The number of thiazole rings is 1. The van der Waals surface area contributed by atoms with E-state index in [-0.39, 0.29) is 23.5 Å². The molecule has 1 aliphatic rings. The topological polar surface area (TPSA) is 87.0 Å². The summed E-state index contributed by atoms with van der Waals surface area (Å²) in [7, 11) is 0. The van der Waals surface area contributed by atoms with Crippen LogP contribution in [0.15, 0.2) is 66.4 Å². The van der Waals surface area contributed by atoms with Crippen molar-refractivity contribution < 1.29 is 19.1 Å². The van der Waals surface area contributed by atoms with Crippen molar-refractivity contribution in [3.8, 4) is 5.75 Å². The summed E-state index contributed by atoms with van der Waals surface area (Å²) in [5.41, 5.74) is 1.40. The van der Waals surface area contributed by atoms with Crippen molar-refractivity contribution >= 4 is 72.8 Å². The SMILES string of the molecule is CCOC(=O)C1=C(C)N=c2s/c(=C\c3cc(Br)cc(Br)c3OC(C)=O)c(=O)n2[C@@H]1c1ccccc1Cl. The van der Waals surface area contributed by atoms with Crippen molar-refractivity contribution in [2.24, 2.45) is 4.99 Å². The molecule has 0 bridgehead atoms. The first kappa shape index (κ1) is 26.5. The van der Waals surface area contributed by atoms with Gasteiger partial charge in [-0.05, 0) is 59.6 Å². The lowest BCUT2D eigenvalue weighted by Gasteiger charge is -2.25. The second-order valence-electron chi connectivity index (χ2n) is 7.72. The minimum absolute atomic E-state index is 0.173. The summed E-state index contributed by atoms with van der Waals surface area (Å²) in [4.78, 5) is 43.4. The maximum absolute atomic E-state index is 13.8. The fraction of sp³-hybridized carbons (Fsp3) is 0.200. The molecule has 4 rings (SSSR count). The number of nitrogens with zero attached hydrogens (tertiary/aromatic N) is 2. The van der Waals surface area contributed by atoms with E-state index < -0.39 is 18.0 Å². The Kier molecular flexibility index (Phi) is 7.99. The number of hydrogen-bond acceptors (Lipinski definition) is 7. The van der Waals surface area contributed by atoms with Gasteiger partial charge in [-0.25, -0.2) is 9.79 Å². The Labute approximate surface area is 232 Å². The number of esters is 2. The third kappa shape index (κ3) is 5.13. The highest BCUT2D eigenvalue weighted by Crippen LogP contribution is 2.35. The lowest BCUT2D eigenvalue weighted by Crippen LogP contribution is -2.40. The minimum Gasteiger partial charge on any atom is -0.463 e. The maximum Gasteiger partial charge on any atom is 0.338 e. The van der Waals surface area contributed by atoms with Crippen molar-refractivity contribution in [1.82, 2.24) is 4.57 Å². The van der Waals surface area contributed by atoms with Crippen LogP contribution < -0.4 is 19.6 Å². The first-order valence-corrected chi connectivity index (χ1v) is 13.5. The summed E-state index contributed by atoms with van der Waals surface area (Å²) in [5, 5.41) is 0.404. The van der Waals surface area contributed by atoms with E-state index in [0.717, 1.165) is 15.8 Å². The van der Waals surface area contributed by atoms with Crippen LogP contribution in [0.1, 0.15) is 37.9 Å². The number of benzene rings is 2. The van der Waals surface area contributed by atoms with Gasteiger partial charge in [0.1, 0.15) is 6.04 Å². The molecule has 36 heavy (non-hydrogen) atoms. The molecule has 3 aromatic rings. The number of rotatable bonds is 5. The second kappa shape index (κ2) is 10.8. The second-order valence-corrected chi connectivity index (χ2v) is 10.9. The summed E-state index contributed by atoms with van der Waals surface area (Å²) < 4.78 is 13.7. The quantitative estimate of drug-likeness (QED) is 0.289. The van der Waals surface area contributed by atoms with E-state index in [9.17, 15) is 14.4 Å². The van der Waals surface area contributed by atoms with Crippen LogP contribution in [0.4, 0.5) is 0 Å². The van der Waals surface area contributed by atoms with Gasteiger partial charge in [0.05, 0.1) is 26.9 Å². The lowest BCUT2D eigenvalue weighted by atomic mass is 9.96. The zero-order valence-electron chi connectivity index (χ0n) is 19.3. The number of carbonyl (C=O) groups is 2. The molecular weight excluding hydrogens is 636 g/mol. The Balaban J connectivity index is 2.00. The average Bonchev–Trinajstić information content (AvgIpc) is 3.10. The number of fused-ring (bicyclic) bond motifs is 1. The summed E-state index contributed by atoms with van der Waals surface area (Å²) >= 11 is 14.5. The van der Waals surface area contributed by atoms with Gasteiger partial charge >= 0.3 is 11.9 Å². The molecule has 0 N–H and O–H groups in total. The van der Waals surface area contributed by atoms with Crippen molar-refractivity contribution in [3.05, 3.63) is 92.5 Å². The van der Waals surface area contributed by atoms with Crippen LogP contribution in [0, 0.1) is 0 Å². The van der Waals surface area contributed by atoms with Gasteiger partial charge in [-0.1, -0.05) is 57.1 Å². The standard InChI is InChI=1S/C25H19Br2ClN2O5S/c1-4-34-24(33)20-12(2)29-25-30(21(20)16-7-5-6-8-18(16)28)23(32)19(36-25)10-14-9-15(26)11-17(27)22(14)35-13(3)31/h5-11,21H,4H2,1-3H3/b19-10-/t21-/m1/s1. The Hall–Kier alpha value is -2.53. The first-order valence-electron chi connectivity index (χ1n) is 10.7. The molecule has 7 nitrogen and oxygen atoms in total. The summed E-state index contributed by atoms with van der Waals surface area (Å²) in [6, 6.07) is 9.70. The fourth-order valence-electron chi connectivity index (χ4n) is 3.86. The lowest BCUT2D eigenvalue weighted by molar-refractivity contribution is -0.139. The molecule has 2 aromatic carbocycles. The molecule has 1 aliphatic heterocycles. The van der Waals surface area contributed by atoms with Crippen LogP contribution in [0.3, 0.4) is 0 Å². The van der Waals surface area contributed by atoms with Gasteiger partial charge in [-0.3, -0.25) is 14.2 Å². The number of aromatic nitrogens is 1. The van der Waals surface area contributed by atoms with Crippen LogP contribution >= 0.6 is 54.8 Å². The number of halogens is 3. The number of hydrogen-bond donors (Lipinski definition) is 0. The van der Waals surface area contributed by atoms with Crippen molar-refractivity contribution in [2.45, 2.75) is 26.8 Å². The van der Waals surface area contributed by atoms with Crippen molar-refractivity contribution in [2.75, 3.05) is 6.61 Å². The van der Waals surface area contributed by atoms with E-state index in [1.165, 1.54) is 11.5 Å². The molecular formula is C25H19Br2ClN2O5S. The Bertz CT molecular complexity index is 1610. The monoisotopic (exact) mass is 652 g/mol. The van der Waals surface area contributed by atoms with Gasteiger partial charge in [0.2, 0.25) is 0 Å². The zero-order valence-corrected chi connectivity index (χ0v) is 24.0. The molecule has 11 heteroatoms. The van der Waals surface area contributed by atoms with Crippen molar-refractivity contribution in [3.63, 3.8) is 0 Å². The predicted octanol–water partition coefficient (Wildman–Crippen LogP) is 4.90. The minimum atomic E-state index is -0.821. The van der Waals surface area contributed by atoms with Crippen LogP contribution in [0.5, 0.6) is 5.75 Å². The molecule has 0 spiro atoms. The number of carbonyl (C=O) groups excluding carboxylic acids is 2. The highest BCUT2D eigenvalue weighted by molar-refractivity contribution is 9.11. The van der Waals surface area contributed by atoms with E-state index in [4.69, 9.17) is 21.1 Å². The molecule has 0 aliphatic carbocycles. The molecule has 0 radical (unpaired) electrons. The molecule has 1 aromatic heterocycles. The average molecular weight is 655 g/mol. The molecule has 0 saturated heterocycles. The van der Waals surface area contributed by atoms with Crippen LogP contribution in [-0.4, -0.2) is 23.1 Å². The molecule has 0 saturated carbocycles. The highest BCUT2D eigenvalue weighted by atomic mass is 79.9. The Morgan fingerprint density at radius 3 is 2.64 bits per heavy atom. The summed E-state index contributed by atoms with van der Waals surface area (Å²) in [6.07, 6.45) is 1.63. The third-order valence-electron chi connectivity index (χ3n) is 5.29. The normalized spacial score (nSPS) is 15.4. The molecule has 0 unspecified atom stereocenters. The van der Waals surface area contributed by atoms with E-state index >= 15 is 0 Å². The van der Waals surface area contributed by atoms with Gasteiger partial charge in [-0.15, -0.1) is 0 Å². The summed E-state index contributed by atoms with van der Waals surface area (Å²) in [5.74, 6) is -0.781. The Morgan fingerprint density at radius 2 is 1.97 bits per heavy atom. The molecule has 186 valence electrons. The van der Waals surface area contributed by atoms with Gasteiger partial charge in [0.15, 0.2) is 10.6 Å². The number of allylic oxidation sites excluding steroid dienone is 1. The van der Waals surface area contributed by atoms with Gasteiger partial charge in [0.25, 0.3) is 5.56 Å². The Morgan fingerprint density at radius 1 is 1.25 bits per heavy atom. The van der Waals surface area contributed by atoms with Crippen LogP contribution in [0.25, 0.3) is 6.08 Å². The first-order chi connectivity index (χ1) is 17.1. The molecule has 0 fully saturated rings. The van der Waals surface area contributed by atoms with Gasteiger partial charge in [0, 0.05) is 22.0 Å². The summed E-state index contributed by atoms with van der Waals surface area (Å²) in [6.45, 7) is 4.89. The zero-order chi connectivity index (χ0) is 26.1. The third-order valence-corrected chi connectivity index (χ3v) is 7.66. The maximum atomic E-state index is 13.8.